The summed E-state index contributed by atoms with van der Waals surface area (Å²) in [5.74, 6) is 0. The maximum absolute atomic E-state index is 5.92. The van der Waals surface area contributed by atoms with Gasteiger partial charge in [0.05, 0.1) is 0 Å². The van der Waals surface area contributed by atoms with Crippen molar-refractivity contribution in [2.75, 3.05) is 0 Å². The first-order valence-electron chi connectivity index (χ1n) is 4.33. The van der Waals surface area contributed by atoms with Crippen LogP contribution in [0.5, 0.6) is 0 Å². The van der Waals surface area contributed by atoms with Crippen LogP contribution in [0.2, 0.25) is 5.02 Å². The molecule has 1 aliphatic heterocycles. The van der Waals surface area contributed by atoms with Gasteiger partial charge in [0.25, 0.3) is 0 Å². The fraction of sp³-hybridized carbons (Fsp3) is 0.400. The van der Waals surface area contributed by atoms with Crippen molar-refractivity contribution in [3.05, 3.63) is 34.3 Å². The minimum absolute atomic E-state index is 0.513. The highest BCUT2D eigenvalue weighted by atomic mass is 35.5. The number of hydrogen-bond donors (Lipinski definition) is 1. The zero-order valence-corrected chi connectivity index (χ0v) is 7.86. The molecule has 0 aliphatic carbocycles. The van der Waals surface area contributed by atoms with Gasteiger partial charge in [-0.05, 0) is 29.7 Å². The largest absolute Gasteiger partial charge is 0.306 e. The van der Waals surface area contributed by atoms with Gasteiger partial charge in [-0.1, -0.05) is 24.6 Å². The second-order valence-electron chi connectivity index (χ2n) is 3.18. The SMILES string of the molecule is CCC1NCc2ccc(Cl)cc21. The fourth-order valence-electron chi connectivity index (χ4n) is 1.76. The van der Waals surface area contributed by atoms with Crippen LogP contribution >= 0.6 is 11.6 Å². The molecule has 64 valence electrons. The van der Waals surface area contributed by atoms with Gasteiger partial charge in [-0.15, -0.1) is 0 Å². The van der Waals surface area contributed by atoms with Crippen LogP contribution in [0.25, 0.3) is 0 Å². The van der Waals surface area contributed by atoms with Crippen molar-refractivity contribution in [2.24, 2.45) is 0 Å². The van der Waals surface area contributed by atoms with Crippen molar-refractivity contribution in [3.8, 4) is 0 Å². The third-order valence-corrected chi connectivity index (χ3v) is 2.67. The maximum Gasteiger partial charge on any atom is 0.0409 e. The molecule has 1 atom stereocenters. The summed E-state index contributed by atoms with van der Waals surface area (Å²) in [5, 5.41) is 4.28. The highest BCUT2D eigenvalue weighted by molar-refractivity contribution is 6.30. The molecule has 12 heavy (non-hydrogen) atoms. The Morgan fingerprint density at radius 3 is 3.17 bits per heavy atom. The maximum atomic E-state index is 5.92. The first-order chi connectivity index (χ1) is 5.81. The van der Waals surface area contributed by atoms with Gasteiger partial charge in [0.15, 0.2) is 0 Å². The Labute approximate surface area is 77.7 Å². The first-order valence-corrected chi connectivity index (χ1v) is 4.70. The van der Waals surface area contributed by atoms with E-state index in [9.17, 15) is 0 Å². The topological polar surface area (TPSA) is 12.0 Å². The van der Waals surface area contributed by atoms with E-state index in [0.29, 0.717) is 6.04 Å². The van der Waals surface area contributed by atoms with Crippen molar-refractivity contribution in [2.45, 2.75) is 25.9 Å². The molecule has 2 heteroatoms. The van der Waals surface area contributed by atoms with Crippen LogP contribution in [0.15, 0.2) is 18.2 Å². The van der Waals surface area contributed by atoms with Crippen LogP contribution in [0, 0.1) is 0 Å². The third kappa shape index (κ3) is 1.23. The van der Waals surface area contributed by atoms with Gasteiger partial charge in [-0.3, -0.25) is 0 Å². The minimum Gasteiger partial charge on any atom is -0.306 e. The number of fused-ring (bicyclic) bond motifs is 1. The van der Waals surface area contributed by atoms with Crippen LogP contribution in [-0.4, -0.2) is 0 Å². The summed E-state index contributed by atoms with van der Waals surface area (Å²) in [6.07, 6.45) is 1.13. The lowest BCUT2D eigenvalue weighted by molar-refractivity contribution is 0.567. The van der Waals surface area contributed by atoms with Gasteiger partial charge in [-0.25, -0.2) is 0 Å². The van der Waals surface area contributed by atoms with E-state index in [1.807, 2.05) is 6.07 Å². The summed E-state index contributed by atoms with van der Waals surface area (Å²) in [7, 11) is 0. The van der Waals surface area contributed by atoms with Crippen molar-refractivity contribution < 1.29 is 0 Å². The second-order valence-corrected chi connectivity index (χ2v) is 3.62. The van der Waals surface area contributed by atoms with E-state index in [2.05, 4.69) is 24.4 Å². The van der Waals surface area contributed by atoms with Gasteiger partial charge >= 0.3 is 0 Å². The molecule has 0 saturated heterocycles. The monoisotopic (exact) mass is 181 g/mol. The normalized spacial score (nSPS) is 21.0. The minimum atomic E-state index is 0.513. The number of rotatable bonds is 1. The summed E-state index contributed by atoms with van der Waals surface area (Å²) < 4.78 is 0. The Hall–Kier alpha value is -0.530. The number of halogens is 1. The standard InChI is InChI=1S/C10H12ClN/c1-2-10-9-5-8(11)4-3-7(9)6-12-10/h3-5,10,12H,2,6H2,1H3. The van der Waals surface area contributed by atoms with Crippen LogP contribution in [0.4, 0.5) is 0 Å². The Kier molecular flexibility index (Phi) is 2.07. The summed E-state index contributed by atoms with van der Waals surface area (Å²) >= 11 is 5.92. The van der Waals surface area contributed by atoms with E-state index in [0.717, 1.165) is 18.0 Å². The van der Waals surface area contributed by atoms with Gasteiger partial charge in [0.2, 0.25) is 0 Å². The molecule has 0 fully saturated rings. The zero-order valence-electron chi connectivity index (χ0n) is 7.10. The highest BCUT2D eigenvalue weighted by Gasteiger charge is 2.19. The number of benzene rings is 1. The van der Waals surface area contributed by atoms with E-state index in [-0.39, 0.29) is 0 Å². The van der Waals surface area contributed by atoms with Crippen LogP contribution in [0.3, 0.4) is 0 Å². The summed E-state index contributed by atoms with van der Waals surface area (Å²) in [6, 6.07) is 6.66. The zero-order chi connectivity index (χ0) is 8.55. The van der Waals surface area contributed by atoms with Gasteiger partial charge in [-0.2, -0.15) is 0 Å². The number of hydrogen-bond acceptors (Lipinski definition) is 1. The van der Waals surface area contributed by atoms with Crippen molar-refractivity contribution in [1.82, 2.24) is 5.32 Å². The molecular formula is C10H12ClN. The summed E-state index contributed by atoms with van der Waals surface area (Å²) in [6.45, 7) is 3.18. The van der Waals surface area contributed by atoms with Crippen molar-refractivity contribution >= 4 is 11.6 Å². The van der Waals surface area contributed by atoms with Gasteiger partial charge < -0.3 is 5.32 Å². The average Bonchev–Trinajstić information content (AvgIpc) is 2.46. The molecule has 1 nitrogen and oxygen atoms in total. The summed E-state index contributed by atoms with van der Waals surface area (Å²) in [5.41, 5.74) is 2.77. The average molecular weight is 182 g/mol. The predicted octanol–water partition coefficient (Wildman–Crippen LogP) is 2.89. The fourth-order valence-corrected chi connectivity index (χ4v) is 1.94. The number of nitrogens with one attached hydrogen (secondary N) is 1. The van der Waals surface area contributed by atoms with Crippen molar-refractivity contribution in [1.29, 1.82) is 0 Å². The molecule has 0 radical (unpaired) electrons. The quantitative estimate of drug-likeness (QED) is 0.703. The Bertz CT molecular complexity index is 296. The molecule has 1 aliphatic rings. The van der Waals surface area contributed by atoms with E-state index in [4.69, 9.17) is 11.6 Å². The van der Waals surface area contributed by atoms with Crippen molar-refractivity contribution in [3.63, 3.8) is 0 Å². The lowest BCUT2D eigenvalue weighted by Crippen LogP contribution is -2.10. The molecule has 1 aromatic rings. The molecule has 0 bridgehead atoms. The van der Waals surface area contributed by atoms with Crippen LogP contribution in [-0.2, 0) is 6.54 Å². The summed E-state index contributed by atoms with van der Waals surface area (Å²) in [4.78, 5) is 0. The molecule has 0 aromatic heterocycles. The Balaban J connectivity index is 2.42. The van der Waals surface area contributed by atoms with E-state index < -0.39 is 0 Å². The molecule has 0 spiro atoms. The van der Waals surface area contributed by atoms with Gasteiger partial charge in [0.1, 0.15) is 0 Å². The Morgan fingerprint density at radius 1 is 1.58 bits per heavy atom. The second kappa shape index (κ2) is 3.08. The van der Waals surface area contributed by atoms with E-state index in [1.165, 1.54) is 11.1 Å². The smallest absolute Gasteiger partial charge is 0.0409 e. The molecule has 1 unspecified atom stereocenters. The van der Waals surface area contributed by atoms with Crippen LogP contribution in [0.1, 0.15) is 30.5 Å². The van der Waals surface area contributed by atoms with Gasteiger partial charge in [0, 0.05) is 17.6 Å². The Morgan fingerprint density at radius 2 is 2.42 bits per heavy atom. The highest BCUT2D eigenvalue weighted by Crippen LogP contribution is 2.29. The lowest BCUT2D eigenvalue weighted by atomic mass is 10.0. The molecule has 1 aromatic carbocycles. The van der Waals surface area contributed by atoms with E-state index >= 15 is 0 Å². The molecule has 0 amide bonds. The van der Waals surface area contributed by atoms with E-state index in [1.54, 1.807) is 0 Å². The molecular weight excluding hydrogens is 170 g/mol. The molecule has 2 rings (SSSR count). The molecule has 1 N–H and O–H groups in total. The predicted molar refractivity (Wildman–Crippen MR) is 51.3 cm³/mol. The lowest BCUT2D eigenvalue weighted by Gasteiger charge is -2.07. The molecule has 0 saturated carbocycles. The first kappa shape index (κ1) is 8.09. The van der Waals surface area contributed by atoms with Crippen LogP contribution < -0.4 is 5.32 Å². The third-order valence-electron chi connectivity index (χ3n) is 2.43. The molecule has 1 heterocycles.